The highest BCUT2D eigenvalue weighted by molar-refractivity contribution is 5.95. The minimum atomic E-state index is -0.342. The van der Waals surface area contributed by atoms with Crippen molar-refractivity contribution >= 4 is 12.1 Å². The quantitative estimate of drug-likeness (QED) is 0.528. The van der Waals surface area contributed by atoms with Gasteiger partial charge in [-0.3, -0.25) is 9.48 Å². The summed E-state index contributed by atoms with van der Waals surface area (Å²) in [6, 6.07) is 14.1. The molecule has 0 spiro atoms. The number of nitrogens with one attached hydrogen (secondary N) is 1. The fraction of sp³-hybridized carbons (Fsp3) is 0.105. The second-order valence-electron chi connectivity index (χ2n) is 5.50. The molecular weight excluding hydrogens is 332 g/mol. The summed E-state index contributed by atoms with van der Waals surface area (Å²) in [6.45, 7) is 0.578. The van der Waals surface area contributed by atoms with E-state index < -0.39 is 0 Å². The van der Waals surface area contributed by atoms with Crippen LogP contribution in [0.1, 0.15) is 21.5 Å². The van der Waals surface area contributed by atoms with Crippen LogP contribution < -0.4 is 10.2 Å². The number of carbonyl (C=O) groups excluding carboxylic acids is 1. The maximum absolute atomic E-state index is 12.3. The molecule has 7 nitrogen and oxygen atoms in total. The second-order valence-corrected chi connectivity index (χ2v) is 5.50. The summed E-state index contributed by atoms with van der Waals surface area (Å²) in [4.78, 5) is 12.3. The van der Waals surface area contributed by atoms with E-state index in [4.69, 9.17) is 4.74 Å². The molecule has 1 aromatic heterocycles. The first-order chi connectivity index (χ1) is 12.7. The fourth-order valence-electron chi connectivity index (χ4n) is 2.43. The Balaban J connectivity index is 1.67. The highest BCUT2D eigenvalue weighted by Gasteiger charge is 2.07. The minimum Gasteiger partial charge on any atom is -0.504 e. The van der Waals surface area contributed by atoms with Gasteiger partial charge in [0.1, 0.15) is 0 Å². The molecule has 0 aliphatic rings. The van der Waals surface area contributed by atoms with Crippen molar-refractivity contribution in [2.75, 3.05) is 7.11 Å². The van der Waals surface area contributed by atoms with E-state index >= 15 is 0 Å². The first-order valence-electron chi connectivity index (χ1n) is 7.93. The van der Waals surface area contributed by atoms with Crippen LogP contribution in [0.25, 0.3) is 0 Å². The molecule has 0 fully saturated rings. The number of phenolic OH excluding ortho intramolecular Hbond substituents is 1. The van der Waals surface area contributed by atoms with Gasteiger partial charge < -0.3 is 9.84 Å². The molecule has 0 aliphatic carbocycles. The van der Waals surface area contributed by atoms with Gasteiger partial charge in [-0.05, 0) is 35.9 Å². The van der Waals surface area contributed by atoms with Gasteiger partial charge in [0.15, 0.2) is 11.5 Å². The normalized spacial score (nSPS) is 10.8. The lowest BCUT2D eigenvalue weighted by Gasteiger charge is -2.06. The number of hydrogen-bond donors (Lipinski definition) is 2. The molecule has 3 rings (SSSR count). The van der Waals surface area contributed by atoms with Gasteiger partial charge in [0.05, 0.1) is 19.9 Å². The van der Waals surface area contributed by atoms with E-state index in [9.17, 15) is 9.90 Å². The minimum absolute atomic E-state index is 0.0331. The molecule has 0 saturated heterocycles. The molecule has 1 heterocycles. The SMILES string of the molecule is COc1cccc(/C=N/NC(=O)c2cccc(Cn3cccn3)c2)c1O. The lowest BCUT2D eigenvalue weighted by molar-refractivity contribution is 0.0955. The van der Waals surface area contributed by atoms with Crippen molar-refractivity contribution in [1.29, 1.82) is 0 Å². The molecule has 132 valence electrons. The summed E-state index contributed by atoms with van der Waals surface area (Å²) in [5, 5.41) is 18.0. The van der Waals surface area contributed by atoms with Crippen LogP contribution in [0.3, 0.4) is 0 Å². The van der Waals surface area contributed by atoms with E-state index in [0.29, 0.717) is 23.4 Å². The lowest BCUT2D eigenvalue weighted by Crippen LogP contribution is -2.18. The first-order valence-corrected chi connectivity index (χ1v) is 7.93. The van der Waals surface area contributed by atoms with Crippen LogP contribution in [0.2, 0.25) is 0 Å². The Morgan fingerprint density at radius 1 is 1.31 bits per heavy atom. The highest BCUT2D eigenvalue weighted by atomic mass is 16.5. The molecular formula is C19H18N4O3. The molecule has 2 aromatic carbocycles. The first kappa shape index (κ1) is 17.2. The van der Waals surface area contributed by atoms with Gasteiger partial charge in [0.2, 0.25) is 0 Å². The number of aromatic hydroxyl groups is 1. The number of benzene rings is 2. The molecule has 0 unspecified atom stereocenters. The summed E-state index contributed by atoms with van der Waals surface area (Å²) in [7, 11) is 1.47. The highest BCUT2D eigenvalue weighted by Crippen LogP contribution is 2.27. The van der Waals surface area contributed by atoms with E-state index in [1.165, 1.54) is 13.3 Å². The van der Waals surface area contributed by atoms with E-state index in [2.05, 4.69) is 15.6 Å². The third kappa shape index (κ3) is 4.07. The van der Waals surface area contributed by atoms with Gasteiger partial charge in [0, 0.05) is 23.5 Å². The number of rotatable bonds is 6. The second kappa shape index (κ2) is 7.98. The molecule has 7 heteroatoms. The van der Waals surface area contributed by atoms with E-state index in [-0.39, 0.29) is 11.7 Å². The fourth-order valence-corrected chi connectivity index (χ4v) is 2.43. The molecule has 0 bridgehead atoms. The lowest BCUT2D eigenvalue weighted by atomic mass is 10.1. The number of phenols is 1. The Labute approximate surface area is 150 Å². The maximum atomic E-state index is 12.3. The monoisotopic (exact) mass is 350 g/mol. The number of hydrazone groups is 1. The van der Waals surface area contributed by atoms with Gasteiger partial charge in [0.25, 0.3) is 5.91 Å². The zero-order valence-corrected chi connectivity index (χ0v) is 14.2. The summed E-state index contributed by atoms with van der Waals surface area (Å²) in [5.41, 5.74) is 4.34. The molecule has 0 saturated carbocycles. The predicted molar refractivity (Wildman–Crippen MR) is 97.5 cm³/mol. The third-order valence-corrected chi connectivity index (χ3v) is 3.71. The van der Waals surface area contributed by atoms with Crippen molar-refractivity contribution < 1.29 is 14.6 Å². The number of hydrogen-bond acceptors (Lipinski definition) is 5. The summed E-state index contributed by atoms with van der Waals surface area (Å²) >= 11 is 0. The molecule has 3 aromatic rings. The largest absolute Gasteiger partial charge is 0.504 e. The van der Waals surface area contributed by atoms with Gasteiger partial charge in [-0.25, -0.2) is 5.43 Å². The van der Waals surface area contributed by atoms with Crippen molar-refractivity contribution in [1.82, 2.24) is 15.2 Å². The van der Waals surface area contributed by atoms with E-state index in [1.807, 2.05) is 24.4 Å². The molecule has 0 atom stereocenters. The van der Waals surface area contributed by atoms with Crippen LogP contribution in [0, 0.1) is 0 Å². The number of para-hydroxylation sites is 1. The molecule has 0 radical (unpaired) electrons. The third-order valence-electron chi connectivity index (χ3n) is 3.71. The van der Waals surface area contributed by atoms with Crippen molar-refractivity contribution in [3.63, 3.8) is 0 Å². The number of aromatic nitrogens is 2. The van der Waals surface area contributed by atoms with Gasteiger partial charge in [-0.1, -0.05) is 18.2 Å². The van der Waals surface area contributed by atoms with Crippen LogP contribution in [0.15, 0.2) is 66.0 Å². The zero-order chi connectivity index (χ0) is 18.4. The number of methoxy groups -OCH3 is 1. The zero-order valence-electron chi connectivity index (χ0n) is 14.2. The molecule has 26 heavy (non-hydrogen) atoms. The molecule has 0 aliphatic heterocycles. The molecule has 2 N–H and O–H groups in total. The van der Waals surface area contributed by atoms with Crippen molar-refractivity contribution in [3.8, 4) is 11.5 Å². The van der Waals surface area contributed by atoms with Gasteiger partial charge in [-0.2, -0.15) is 10.2 Å². The van der Waals surface area contributed by atoms with Crippen molar-refractivity contribution in [2.24, 2.45) is 5.10 Å². The standard InChI is InChI=1S/C19H18N4O3/c1-26-17-8-3-7-16(18(17)24)12-20-22-19(25)15-6-2-5-14(11-15)13-23-10-4-9-21-23/h2-12,24H,13H2,1H3,(H,22,25)/b20-12+. The predicted octanol–water partition coefficient (Wildman–Crippen LogP) is 2.41. The Kier molecular flexibility index (Phi) is 5.28. The number of nitrogens with zero attached hydrogens (tertiary/aromatic N) is 3. The maximum Gasteiger partial charge on any atom is 0.271 e. The Bertz CT molecular complexity index is 920. The Morgan fingerprint density at radius 2 is 2.15 bits per heavy atom. The average Bonchev–Trinajstić information content (AvgIpc) is 3.16. The molecule has 1 amide bonds. The average molecular weight is 350 g/mol. The van der Waals surface area contributed by atoms with Crippen LogP contribution in [-0.2, 0) is 6.54 Å². The number of ether oxygens (including phenoxy) is 1. The topological polar surface area (TPSA) is 88.7 Å². The van der Waals surface area contributed by atoms with Crippen LogP contribution in [-0.4, -0.2) is 34.1 Å². The van der Waals surface area contributed by atoms with Gasteiger partial charge >= 0.3 is 0 Å². The van der Waals surface area contributed by atoms with Crippen molar-refractivity contribution in [2.45, 2.75) is 6.54 Å². The number of amides is 1. The van der Waals surface area contributed by atoms with Crippen LogP contribution in [0.4, 0.5) is 0 Å². The van der Waals surface area contributed by atoms with E-state index in [0.717, 1.165) is 5.56 Å². The summed E-state index contributed by atoms with van der Waals surface area (Å²) in [6.07, 6.45) is 4.93. The Morgan fingerprint density at radius 3 is 2.92 bits per heavy atom. The summed E-state index contributed by atoms with van der Waals surface area (Å²) < 4.78 is 6.81. The summed E-state index contributed by atoms with van der Waals surface area (Å²) in [5.74, 6) is -0.0354. The van der Waals surface area contributed by atoms with E-state index in [1.54, 1.807) is 41.2 Å². The van der Waals surface area contributed by atoms with Gasteiger partial charge in [-0.15, -0.1) is 0 Å². The smallest absolute Gasteiger partial charge is 0.271 e. The Hall–Kier alpha value is -3.61. The number of carbonyl (C=O) groups is 1. The van der Waals surface area contributed by atoms with Crippen LogP contribution >= 0.6 is 0 Å². The van der Waals surface area contributed by atoms with Crippen molar-refractivity contribution in [3.05, 3.63) is 77.6 Å². The van der Waals surface area contributed by atoms with Crippen LogP contribution in [0.5, 0.6) is 11.5 Å².